The van der Waals surface area contributed by atoms with E-state index >= 15 is 0 Å². The molecule has 6 heteroatoms. The van der Waals surface area contributed by atoms with Gasteiger partial charge in [0, 0.05) is 24.7 Å². The number of carbonyl (C=O) groups excluding carboxylic acids is 1. The number of nitrogens with zero attached hydrogens (tertiary/aromatic N) is 2. The number of benzene rings is 2. The number of rotatable bonds is 8. The zero-order valence-corrected chi connectivity index (χ0v) is 15.8. The van der Waals surface area contributed by atoms with Gasteiger partial charge in [-0.15, -0.1) is 0 Å². The van der Waals surface area contributed by atoms with E-state index in [0.29, 0.717) is 30.3 Å². The molecular formula is C22H23FN4O. The lowest BCUT2D eigenvalue weighted by molar-refractivity contribution is 0.0949. The number of halogens is 1. The Bertz CT molecular complexity index is 914. The van der Waals surface area contributed by atoms with Crippen LogP contribution in [0.5, 0.6) is 0 Å². The van der Waals surface area contributed by atoms with Gasteiger partial charge in [0.05, 0.1) is 0 Å². The largest absolute Gasteiger partial charge is 0.370 e. The van der Waals surface area contributed by atoms with Gasteiger partial charge in [-0.2, -0.15) is 0 Å². The van der Waals surface area contributed by atoms with E-state index in [2.05, 4.69) is 27.5 Å². The predicted molar refractivity (Wildman–Crippen MR) is 109 cm³/mol. The van der Waals surface area contributed by atoms with Gasteiger partial charge in [-0.1, -0.05) is 49.4 Å². The Balaban J connectivity index is 1.73. The van der Waals surface area contributed by atoms with Gasteiger partial charge in [-0.05, 0) is 30.5 Å². The lowest BCUT2D eigenvalue weighted by atomic mass is 10.1. The summed E-state index contributed by atoms with van der Waals surface area (Å²) in [5, 5.41) is 6.09. The molecule has 3 rings (SSSR count). The number of carbonyl (C=O) groups is 1. The molecule has 0 atom stereocenters. The number of aromatic nitrogens is 2. The molecule has 2 aromatic carbocycles. The monoisotopic (exact) mass is 378 g/mol. The minimum Gasteiger partial charge on any atom is -0.370 e. The zero-order chi connectivity index (χ0) is 19.8. The first kappa shape index (κ1) is 19.5. The van der Waals surface area contributed by atoms with Gasteiger partial charge in [0.25, 0.3) is 5.91 Å². The van der Waals surface area contributed by atoms with Crippen molar-refractivity contribution in [2.75, 3.05) is 18.4 Å². The molecule has 0 aliphatic heterocycles. The molecule has 0 bridgehead atoms. The number of amides is 1. The summed E-state index contributed by atoms with van der Waals surface area (Å²) in [4.78, 5) is 21.6. The molecule has 0 saturated heterocycles. The highest BCUT2D eigenvalue weighted by Crippen LogP contribution is 2.18. The van der Waals surface area contributed by atoms with Crippen LogP contribution in [0.3, 0.4) is 0 Å². The maximum atomic E-state index is 13.0. The Kier molecular flexibility index (Phi) is 6.68. The maximum absolute atomic E-state index is 13.0. The summed E-state index contributed by atoms with van der Waals surface area (Å²) in [7, 11) is 0. The Morgan fingerprint density at radius 1 is 1.00 bits per heavy atom. The van der Waals surface area contributed by atoms with Gasteiger partial charge in [0.15, 0.2) is 5.82 Å². The van der Waals surface area contributed by atoms with Crippen LogP contribution in [0.1, 0.15) is 29.4 Å². The maximum Gasteiger partial charge on any atom is 0.270 e. The fraction of sp³-hybridized carbons (Fsp3) is 0.227. The molecule has 1 aromatic heterocycles. The van der Waals surface area contributed by atoms with Crippen molar-refractivity contribution in [1.82, 2.24) is 15.3 Å². The smallest absolute Gasteiger partial charge is 0.270 e. The average Bonchev–Trinajstić information content (AvgIpc) is 2.74. The molecule has 2 N–H and O–H groups in total. The summed E-state index contributed by atoms with van der Waals surface area (Å²) in [6.45, 7) is 3.26. The lowest BCUT2D eigenvalue weighted by Gasteiger charge is -2.10. The average molecular weight is 378 g/mol. The second-order valence-electron chi connectivity index (χ2n) is 6.39. The van der Waals surface area contributed by atoms with Crippen LogP contribution in [0.4, 0.5) is 10.2 Å². The molecule has 0 aliphatic rings. The van der Waals surface area contributed by atoms with Gasteiger partial charge in [0.2, 0.25) is 0 Å². The normalized spacial score (nSPS) is 10.5. The summed E-state index contributed by atoms with van der Waals surface area (Å²) in [5.74, 6) is 0.598. The zero-order valence-electron chi connectivity index (χ0n) is 15.8. The summed E-state index contributed by atoms with van der Waals surface area (Å²) < 4.78 is 13.0. The molecule has 5 nitrogen and oxygen atoms in total. The molecule has 1 amide bonds. The molecule has 3 aromatic rings. The number of hydrogen-bond acceptors (Lipinski definition) is 4. The number of anilines is 1. The Labute approximate surface area is 164 Å². The number of hydrogen-bond donors (Lipinski definition) is 2. The van der Waals surface area contributed by atoms with Crippen molar-refractivity contribution in [2.45, 2.75) is 19.8 Å². The summed E-state index contributed by atoms with van der Waals surface area (Å²) in [6.07, 6.45) is 1.56. The van der Waals surface area contributed by atoms with Crippen LogP contribution in [-0.2, 0) is 6.42 Å². The van der Waals surface area contributed by atoms with Crippen molar-refractivity contribution in [3.05, 3.63) is 77.7 Å². The number of nitrogens with one attached hydrogen (secondary N) is 2. The fourth-order valence-electron chi connectivity index (χ4n) is 2.69. The third-order valence-corrected chi connectivity index (χ3v) is 4.16. The summed E-state index contributed by atoms with van der Waals surface area (Å²) in [6, 6.07) is 17.5. The second kappa shape index (κ2) is 9.60. The predicted octanol–water partition coefficient (Wildman–Crippen LogP) is 4.08. The van der Waals surface area contributed by atoms with Gasteiger partial charge in [-0.25, -0.2) is 14.4 Å². The minimum atomic E-state index is -0.269. The first-order valence-corrected chi connectivity index (χ1v) is 9.36. The van der Waals surface area contributed by atoms with E-state index in [9.17, 15) is 9.18 Å². The van der Waals surface area contributed by atoms with Crippen molar-refractivity contribution in [2.24, 2.45) is 0 Å². The first-order chi connectivity index (χ1) is 13.7. The Hall–Kier alpha value is -3.28. The highest BCUT2D eigenvalue weighted by atomic mass is 19.1. The third kappa shape index (κ3) is 5.36. The summed E-state index contributed by atoms with van der Waals surface area (Å²) >= 11 is 0. The van der Waals surface area contributed by atoms with Crippen molar-refractivity contribution in [3.63, 3.8) is 0 Å². The van der Waals surface area contributed by atoms with Gasteiger partial charge in [-0.3, -0.25) is 4.79 Å². The molecule has 28 heavy (non-hydrogen) atoms. The van der Waals surface area contributed by atoms with E-state index in [-0.39, 0.29) is 11.7 Å². The highest BCUT2D eigenvalue weighted by molar-refractivity contribution is 5.93. The second-order valence-corrected chi connectivity index (χ2v) is 6.39. The van der Waals surface area contributed by atoms with Crippen LogP contribution in [-0.4, -0.2) is 29.0 Å². The molecule has 0 fully saturated rings. The molecular weight excluding hydrogens is 355 g/mol. The van der Waals surface area contributed by atoms with Crippen LogP contribution in [0, 0.1) is 5.82 Å². The van der Waals surface area contributed by atoms with Crippen LogP contribution in [0.25, 0.3) is 11.4 Å². The molecule has 0 unspecified atom stereocenters. The molecule has 0 radical (unpaired) electrons. The molecule has 144 valence electrons. The fourth-order valence-corrected chi connectivity index (χ4v) is 2.69. The third-order valence-electron chi connectivity index (χ3n) is 4.16. The van der Waals surface area contributed by atoms with E-state index in [1.54, 1.807) is 18.2 Å². The van der Waals surface area contributed by atoms with E-state index in [0.717, 1.165) is 24.1 Å². The first-order valence-electron chi connectivity index (χ1n) is 9.36. The van der Waals surface area contributed by atoms with Crippen LogP contribution in [0.2, 0.25) is 0 Å². The van der Waals surface area contributed by atoms with Crippen molar-refractivity contribution in [1.29, 1.82) is 0 Å². The van der Waals surface area contributed by atoms with Crippen molar-refractivity contribution in [3.8, 4) is 11.4 Å². The van der Waals surface area contributed by atoms with E-state index in [1.165, 1.54) is 12.1 Å². The molecule has 0 saturated carbocycles. The van der Waals surface area contributed by atoms with Crippen molar-refractivity contribution >= 4 is 11.7 Å². The summed E-state index contributed by atoms with van der Waals surface area (Å²) in [5.41, 5.74) is 2.12. The van der Waals surface area contributed by atoms with Gasteiger partial charge >= 0.3 is 0 Å². The topological polar surface area (TPSA) is 66.9 Å². The van der Waals surface area contributed by atoms with E-state index in [1.807, 2.05) is 30.3 Å². The van der Waals surface area contributed by atoms with Gasteiger partial charge < -0.3 is 10.6 Å². The minimum absolute atomic E-state index is 0.263. The standard InChI is InChI=1S/C22H23FN4O/c1-2-13-24-20-15-19(26-21(27-20)17-6-4-3-5-7-17)22(28)25-14-12-16-8-10-18(23)11-9-16/h3-11,15H,2,12-14H2,1H3,(H,25,28)(H,24,26,27). The van der Waals surface area contributed by atoms with Crippen LogP contribution < -0.4 is 10.6 Å². The van der Waals surface area contributed by atoms with Crippen LogP contribution >= 0.6 is 0 Å². The molecule has 0 spiro atoms. The highest BCUT2D eigenvalue weighted by Gasteiger charge is 2.13. The van der Waals surface area contributed by atoms with Crippen LogP contribution in [0.15, 0.2) is 60.7 Å². The quantitative estimate of drug-likeness (QED) is 0.620. The van der Waals surface area contributed by atoms with E-state index in [4.69, 9.17) is 0 Å². The Morgan fingerprint density at radius 3 is 2.46 bits per heavy atom. The van der Waals surface area contributed by atoms with Gasteiger partial charge in [0.1, 0.15) is 17.3 Å². The SMILES string of the molecule is CCCNc1cc(C(=O)NCCc2ccc(F)cc2)nc(-c2ccccc2)n1. The van der Waals surface area contributed by atoms with Crippen molar-refractivity contribution < 1.29 is 9.18 Å². The molecule has 0 aliphatic carbocycles. The Morgan fingerprint density at radius 2 is 1.75 bits per heavy atom. The molecule has 1 heterocycles. The van der Waals surface area contributed by atoms with E-state index < -0.39 is 0 Å². The lowest BCUT2D eigenvalue weighted by Crippen LogP contribution is -2.27.